The zero-order chi connectivity index (χ0) is 13.0. The van der Waals surface area contributed by atoms with Gasteiger partial charge in [-0.25, -0.2) is 0 Å². The maximum atomic E-state index is 11.7. The molecule has 0 unspecified atom stereocenters. The molecule has 0 atom stereocenters. The lowest BCUT2D eigenvalue weighted by Gasteiger charge is -2.08. The topological polar surface area (TPSA) is 68.1 Å². The molecule has 0 fully saturated rings. The number of hydrogen-bond donors (Lipinski definition) is 2. The SMILES string of the molecule is Cc1ccccc1COc1c[nH]c(CN)cc1=O. The predicted octanol–water partition coefficient (Wildman–Crippen LogP) is 1.72. The van der Waals surface area contributed by atoms with Gasteiger partial charge in [0.2, 0.25) is 5.43 Å². The summed E-state index contributed by atoms with van der Waals surface area (Å²) in [6.45, 7) is 2.71. The zero-order valence-corrected chi connectivity index (χ0v) is 10.3. The van der Waals surface area contributed by atoms with Crippen molar-refractivity contribution in [1.82, 2.24) is 4.98 Å². The van der Waals surface area contributed by atoms with Crippen LogP contribution in [0.15, 0.2) is 41.3 Å². The van der Waals surface area contributed by atoms with Gasteiger partial charge in [-0.1, -0.05) is 24.3 Å². The van der Waals surface area contributed by atoms with Gasteiger partial charge in [-0.3, -0.25) is 4.79 Å². The molecule has 4 heteroatoms. The molecule has 1 aromatic carbocycles. The van der Waals surface area contributed by atoms with Crippen LogP contribution < -0.4 is 15.9 Å². The molecular weight excluding hydrogens is 228 g/mol. The van der Waals surface area contributed by atoms with E-state index in [1.54, 1.807) is 6.20 Å². The number of ether oxygens (including phenoxy) is 1. The summed E-state index contributed by atoms with van der Waals surface area (Å²) in [5.41, 5.74) is 8.21. The fourth-order valence-electron chi connectivity index (χ4n) is 1.66. The maximum Gasteiger partial charge on any atom is 0.223 e. The Morgan fingerprint density at radius 1 is 1.33 bits per heavy atom. The lowest BCUT2D eigenvalue weighted by atomic mass is 10.1. The van der Waals surface area contributed by atoms with Gasteiger partial charge in [0.05, 0.1) is 0 Å². The predicted molar refractivity (Wildman–Crippen MR) is 70.5 cm³/mol. The molecule has 94 valence electrons. The minimum atomic E-state index is -0.150. The molecule has 0 aliphatic rings. The van der Waals surface area contributed by atoms with Gasteiger partial charge in [-0.15, -0.1) is 0 Å². The van der Waals surface area contributed by atoms with Gasteiger partial charge in [0, 0.05) is 24.5 Å². The quantitative estimate of drug-likeness (QED) is 0.860. The minimum Gasteiger partial charge on any atom is -0.483 e. The summed E-state index contributed by atoms with van der Waals surface area (Å²) in [7, 11) is 0. The van der Waals surface area contributed by atoms with Crippen molar-refractivity contribution >= 4 is 0 Å². The fraction of sp³-hybridized carbons (Fsp3) is 0.214. The van der Waals surface area contributed by atoms with E-state index in [1.807, 2.05) is 31.2 Å². The molecule has 2 aromatic rings. The van der Waals surface area contributed by atoms with Crippen LogP contribution in [-0.4, -0.2) is 4.98 Å². The monoisotopic (exact) mass is 244 g/mol. The van der Waals surface area contributed by atoms with Gasteiger partial charge in [0.1, 0.15) is 6.61 Å². The second-order valence-corrected chi connectivity index (χ2v) is 4.11. The summed E-state index contributed by atoms with van der Waals surface area (Å²) in [6.07, 6.45) is 1.56. The average molecular weight is 244 g/mol. The summed E-state index contributed by atoms with van der Waals surface area (Å²) in [6, 6.07) is 9.39. The van der Waals surface area contributed by atoms with Crippen molar-refractivity contribution in [3.63, 3.8) is 0 Å². The van der Waals surface area contributed by atoms with Crippen LogP contribution in [0, 0.1) is 6.92 Å². The third-order valence-corrected chi connectivity index (χ3v) is 2.80. The molecular formula is C14H16N2O2. The van der Waals surface area contributed by atoms with Gasteiger partial charge in [-0.2, -0.15) is 0 Å². The third-order valence-electron chi connectivity index (χ3n) is 2.80. The van der Waals surface area contributed by atoms with Crippen LogP contribution in [0.1, 0.15) is 16.8 Å². The normalized spacial score (nSPS) is 10.3. The highest BCUT2D eigenvalue weighted by Gasteiger charge is 2.03. The van der Waals surface area contributed by atoms with Crippen LogP contribution in [0.2, 0.25) is 0 Å². The van der Waals surface area contributed by atoms with E-state index in [-0.39, 0.29) is 5.43 Å². The van der Waals surface area contributed by atoms with Crippen molar-refractivity contribution in [3.8, 4) is 5.75 Å². The Hall–Kier alpha value is -2.07. The lowest BCUT2D eigenvalue weighted by Crippen LogP contribution is -2.11. The number of nitrogens with two attached hydrogens (primary N) is 1. The molecule has 0 spiro atoms. The number of rotatable bonds is 4. The molecule has 0 aliphatic carbocycles. The van der Waals surface area contributed by atoms with Crippen LogP contribution in [0.5, 0.6) is 5.75 Å². The molecule has 1 heterocycles. The molecule has 0 aliphatic heterocycles. The Bertz CT molecular complexity index is 590. The molecule has 0 saturated carbocycles. The highest BCUT2D eigenvalue weighted by atomic mass is 16.5. The summed E-state index contributed by atoms with van der Waals surface area (Å²) < 4.78 is 5.52. The van der Waals surface area contributed by atoms with E-state index in [1.165, 1.54) is 6.07 Å². The van der Waals surface area contributed by atoms with Crippen molar-refractivity contribution in [1.29, 1.82) is 0 Å². The number of aryl methyl sites for hydroxylation is 1. The number of H-pyrrole nitrogens is 1. The van der Waals surface area contributed by atoms with E-state index in [4.69, 9.17) is 10.5 Å². The number of benzene rings is 1. The number of aromatic amines is 1. The number of aromatic nitrogens is 1. The van der Waals surface area contributed by atoms with Crippen molar-refractivity contribution in [2.24, 2.45) is 5.73 Å². The number of nitrogens with one attached hydrogen (secondary N) is 1. The first-order chi connectivity index (χ1) is 8.70. The van der Waals surface area contributed by atoms with Crippen LogP contribution >= 0.6 is 0 Å². The second kappa shape index (κ2) is 5.51. The average Bonchev–Trinajstić information content (AvgIpc) is 2.39. The zero-order valence-electron chi connectivity index (χ0n) is 10.3. The fourth-order valence-corrected chi connectivity index (χ4v) is 1.66. The van der Waals surface area contributed by atoms with Gasteiger partial charge in [0.15, 0.2) is 5.75 Å². The van der Waals surface area contributed by atoms with Crippen LogP contribution in [0.25, 0.3) is 0 Å². The first kappa shape index (κ1) is 12.4. The molecule has 4 nitrogen and oxygen atoms in total. The molecule has 18 heavy (non-hydrogen) atoms. The molecule has 1 aromatic heterocycles. The summed E-state index contributed by atoms with van der Waals surface area (Å²) in [4.78, 5) is 14.6. The summed E-state index contributed by atoms with van der Waals surface area (Å²) in [5.74, 6) is 0.315. The van der Waals surface area contributed by atoms with E-state index in [9.17, 15) is 4.79 Å². The van der Waals surface area contributed by atoms with Gasteiger partial charge < -0.3 is 15.5 Å². The molecule has 0 radical (unpaired) electrons. The Kier molecular flexibility index (Phi) is 3.79. The maximum absolute atomic E-state index is 11.7. The first-order valence-electron chi connectivity index (χ1n) is 5.79. The second-order valence-electron chi connectivity index (χ2n) is 4.11. The first-order valence-corrected chi connectivity index (χ1v) is 5.79. The van der Waals surface area contributed by atoms with Crippen LogP contribution in [0.3, 0.4) is 0 Å². The van der Waals surface area contributed by atoms with E-state index >= 15 is 0 Å². The Morgan fingerprint density at radius 3 is 2.78 bits per heavy atom. The van der Waals surface area contributed by atoms with Crippen LogP contribution in [0.4, 0.5) is 0 Å². The summed E-state index contributed by atoms with van der Waals surface area (Å²) >= 11 is 0. The largest absolute Gasteiger partial charge is 0.483 e. The van der Waals surface area contributed by atoms with Gasteiger partial charge in [-0.05, 0) is 18.1 Å². The highest BCUT2D eigenvalue weighted by molar-refractivity contribution is 5.26. The third kappa shape index (κ3) is 2.78. The van der Waals surface area contributed by atoms with E-state index in [0.717, 1.165) is 11.1 Å². The molecule has 0 saturated heterocycles. The summed E-state index contributed by atoms with van der Waals surface area (Å²) in [5, 5.41) is 0. The minimum absolute atomic E-state index is 0.150. The standard InChI is InChI=1S/C14H16N2O2/c1-10-4-2-3-5-11(10)9-18-14-8-16-12(7-15)6-13(14)17/h2-6,8H,7,9,15H2,1H3,(H,16,17). The Balaban J connectivity index is 2.11. The van der Waals surface area contributed by atoms with E-state index in [0.29, 0.717) is 24.6 Å². The smallest absolute Gasteiger partial charge is 0.223 e. The van der Waals surface area contributed by atoms with Gasteiger partial charge >= 0.3 is 0 Å². The van der Waals surface area contributed by atoms with E-state index in [2.05, 4.69) is 4.98 Å². The molecule has 2 rings (SSSR count). The van der Waals surface area contributed by atoms with Gasteiger partial charge in [0.25, 0.3) is 0 Å². The van der Waals surface area contributed by atoms with Crippen molar-refractivity contribution in [2.75, 3.05) is 0 Å². The van der Waals surface area contributed by atoms with E-state index < -0.39 is 0 Å². The Morgan fingerprint density at radius 2 is 2.11 bits per heavy atom. The van der Waals surface area contributed by atoms with Crippen molar-refractivity contribution in [3.05, 3.63) is 63.6 Å². The highest BCUT2D eigenvalue weighted by Crippen LogP contribution is 2.10. The molecule has 0 bridgehead atoms. The number of hydrogen-bond acceptors (Lipinski definition) is 3. The van der Waals surface area contributed by atoms with Crippen molar-refractivity contribution < 1.29 is 4.74 Å². The molecule has 0 amide bonds. The van der Waals surface area contributed by atoms with Crippen molar-refractivity contribution in [2.45, 2.75) is 20.1 Å². The molecule has 3 N–H and O–H groups in total. The van der Waals surface area contributed by atoms with Crippen LogP contribution in [-0.2, 0) is 13.2 Å². The lowest BCUT2D eigenvalue weighted by molar-refractivity contribution is 0.301. The number of pyridine rings is 1. The Labute approximate surface area is 105 Å².